The third-order valence-electron chi connectivity index (χ3n) is 4.78. The molecule has 0 saturated carbocycles. The number of rotatable bonds is 8. The fourth-order valence-corrected chi connectivity index (χ4v) is 3.03. The average Bonchev–Trinajstić information content (AvgIpc) is 2.85. The lowest BCUT2D eigenvalue weighted by Crippen LogP contribution is -2.12. The standard InChI is InChI=1S/C27H24N2O5/c1-4-33-24-14-7-19(16-25(24)32-3)15-21(17-28)27(31)34-23-12-8-20(9-13-23)26(30)29-22-10-5-18(2)6-11-22/h5-16H,4H2,1-3H3,(H,29,30)/b21-15+. The Morgan fingerprint density at radius 1 is 1.00 bits per heavy atom. The quantitative estimate of drug-likeness (QED) is 0.217. The summed E-state index contributed by atoms with van der Waals surface area (Å²) in [4.78, 5) is 24.9. The first-order chi connectivity index (χ1) is 16.4. The Balaban J connectivity index is 1.68. The van der Waals surface area contributed by atoms with Gasteiger partial charge in [-0.2, -0.15) is 5.26 Å². The second-order valence-electron chi connectivity index (χ2n) is 7.25. The molecule has 0 radical (unpaired) electrons. The lowest BCUT2D eigenvalue weighted by Gasteiger charge is -2.10. The van der Waals surface area contributed by atoms with E-state index in [4.69, 9.17) is 14.2 Å². The highest BCUT2D eigenvalue weighted by atomic mass is 16.5. The number of benzene rings is 3. The maximum absolute atomic E-state index is 12.5. The minimum atomic E-state index is -0.813. The van der Waals surface area contributed by atoms with Gasteiger partial charge >= 0.3 is 5.97 Å². The van der Waals surface area contributed by atoms with E-state index in [-0.39, 0.29) is 17.2 Å². The van der Waals surface area contributed by atoms with Gasteiger partial charge in [0.25, 0.3) is 5.91 Å². The molecule has 3 aromatic rings. The van der Waals surface area contributed by atoms with Gasteiger partial charge in [-0.15, -0.1) is 0 Å². The molecule has 172 valence electrons. The molecule has 0 fully saturated rings. The van der Waals surface area contributed by atoms with Crippen molar-refractivity contribution < 1.29 is 23.8 Å². The van der Waals surface area contributed by atoms with Crippen molar-refractivity contribution in [2.75, 3.05) is 19.0 Å². The van der Waals surface area contributed by atoms with Crippen molar-refractivity contribution in [1.82, 2.24) is 0 Å². The highest BCUT2D eigenvalue weighted by molar-refractivity contribution is 6.04. The number of hydrogen-bond acceptors (Lipinski definition) is 6. The molecular formula is C27H24N2O5. The van der Waals surface area contributed by atoms with Gasteiger partial charge in [0.05, 0.1) is 13.7 Å². The number of nitriles is 1. The van der Waals surface area contributed by atoms with Crippen LogP contribution in [0.3, 0.4) is 0 Å². The second-order valence-corrected chi connectivity index (χ2v) is 7.25. The Labute approximate surface area is 198 Å². The van der Waals surface area contributed by atoms with E-state index in [1.165, 1.54) is 25.3 Å². The SMILES string of the molecule is CCOc1ccc(/C=C(\C#N)C(=O)Oc2ccc(C(=O)Nc3ccc(C)cc3)cc2)cc1OC. The Hall–Kier alpha value is -4.57. The summed E-state index contributed by atoms with van der Waals surface area (Å²) in [5, 5.41) is 12.3. The second kappa shape index (κ2) is 11.3. The maximum atomic E-state index is 12.5. The number of nitrogens with one attached hydrogen (secondary N) is 1. The maximum Gasteiger partial charge on any atom is 0.354 e. The number of carbonyl (C=O) groups is 2. The highest BCUT2D eigenvalue weighted by Gasteiger charge is 2.14. The summed E-state index contributed by atoms with van der Waals surface area (Å²) in [6.07, 6.45) is 1.41. The third-order valence-corrected chi connectivity index (χ3v) is 4.78. The van der Waals surface area contributed by atoms with Gasteiger partial charge < -0.3 is 19.5 Å². The number of anilines is 1. The van der Waals surface area contributed by atoms with Crippen molar-refractivity contribution in [3.05, 3.63) is 89.0 Å². The molecule has 0 aromatic heterocycles. The molecule has 0 unspecified atom stereocenters. The molecule has 3 aromatic carbocycles. The van der Waals surface area contributed by atoms with Gasteiger partial charge in [0.2, 0.25) is 0 Å². The van der Waals surface area contributed by atoms with E-state index in [9.17, 15) is 14.9 Å². The van der Waals surface area contributed by atoms with Crippen LogP contribution in [-0.4, -0.2) is 25.6 Å². The van der Waals surface area contributed by atoms with Crippen molar-refractivity contribution in [1.29, 1.82) is 5.26 Å². The molecule has 7 nitrogen and oxygen atoms in total. The minimum Gasteiger partial charge on any atom is -0.493 e. The van der Waals surface area contributed by atoms with Crippen LogP contribution in [0.5, 0.6) is 17.2 Å². The normalized spacial score (nSPS) is 10.7. The molecule has 34 heavy (non-hydrogen) atoms. The molecule has 0 heterocycles. The molecule has 0 atom stereocenters. The smallest absolute Gasteiger partial charge is 0.354 e. The van der Waals surface area contributed by atoms with Gasteiger partial charge in [0.15, 0.2) is 11.5 Å². The molecule has 3 rings (SSSR count). The molecule has 1 N–H and O–H groups in total. The number of nitrogens with zero attached hydrogens (tertiary/aromatic N) is 1. The molecule has 0 aliphatic carbocycles. The monoisotopic (exact) mass is 456 g/mol. The van der Waals surface area contributed by atoms with Crippen molar-refractivity contribution in [2.45, 2.75) is 13.8 Å². The first-order valence-electron chi connectivity index (χ1n) is 10.6. The van der Waals surface area contributed by atoms with Crippen molar-refractivity contribution >= 4 is 23.6 Å². The molecule has 1 amide bonds. The van der Waals surface area contributed by atoms with Crippen LogP contribution in [0.25, 0.3) is 6.08 Å². The zero-order chi connectivity index (χ0) is 24.5. The predicted octanol–water partition coefficient (Wildman–Crippen LogP) is 5.17. The van der Waals surface area contributed by atoms with Gasteiger partial charge in [0.1, 0.15) is 17.4 Å². The zero-order valence-electron chi connectivity index (χ0n) is 19.1. The number of ether oxygens (including phenoxy) is 3. The van der Waals surface area contributed by atoms with Gasteiger partial charge in [-0.3, -0.25) is 4.79 Å². The van der Waals surface area contributed by atoms with E-state index in [0.29, 0.717) is 34.9 Å². The van der Waals surface area contributed by atoms with E-state index in [0.717, 1.165) is 5.56 Å². The van der Waals surface area contributed by atoms with Crippen LogP contribution in [0.2, 0.25) is 0 Å². The number of aryl methyl sites for hydroxylation is 1. The van der Waals surface area contributed by atoms with E-state index >= 15 is 0 Å². The summed E-state index contributed by atoms with van der Waals surface area (Å²) in [5.41, 5.74) is 2.57. The fraction of sp³-hybridized carbons (Fsp3) is 0.148. The van der Waals surface area contributed by atoms with Crippen LogP contribution in [0.15, 0.2) is 72.3 Å². The van der Waals surface area contributed by atoms with Crippen LogP contribution in [-0.2, 0) is 4.79 Å². The molecule has 0 saturated heterocycles. The number of methoxy groups -OCH3 is 1. The van der Waals surface area contributed by atoms with E-state index in [1.54, 1.807) is 30.3 Å². The number of amides is 1. The summed E-state index contributed by atoms with van der Waals surface area (Å²) in [6.45, 7) is 4.31. The van der Waals surface area contributed by atoms with Crippen LogP contribution in [0, 0.1) is 18.3 Å². The van der Waals surface area contributed by atoms with Crippen molar-refractivity contribution in [3.8, 4) is 23.3 Å². The largest absolute Gasteiger partial charge is 0.493 e. The van der Waals surface area contributed by atoms with Crippen LogP contribution in [0.4, 0.5) is 5.69 Å². The average molecular weight is 456 g/mol. The zero-order valence-corrected chi connectivity index (χ0v) is 19.1. The summed E-state index contributed by atoms with van der Waals surface area (Å²) in [7, 11) is 1.51. The number of hydrogen-bond donors (Lipinski definition) is 1. The highest BCUT2D eigenvalue weighted by Crippen LogP contribution is 2.29. The Kier molecular flexibility index (Phi) is 8.03. The molecule has 0 aliphatic heterocycles. The van der Waals surface area contributed by atoms with E-state index < -0.39 is 5.97 Å². The Morgan fingerprint density at radius 2 is 1.71 bits per heavy atom. The lowest BCUT2D eigenvalue weighted by molar-refractivity contribution is -0.129. The summed E-state index contributed by atoms with van der Waals surface area (Å²) < 4.78 is 16.1. The van der Waals surface area contributed by atoms with Crippen molar-refractivity contribution in [3.63, 3.8) is 0 Å². The fourth-order valence-electron chi connectivity index (χ4n) is 3.03. The third kappa shape index (κ3) is 6.24. The molecule has 7 heteroatoms. The topological polar surface area (TPSA) is 97.6 Å². The first-order valence-corrected chi connectivity index (χ1v) is 10.6. The van der Waals surface area contributed by atoms with E-state index in [2.05, 4.69) is 5.32 Å². The predicted molar refractivity (Wildman–Crippen MR) is 129 cm³/mol. The van der Waals surface area contributed by atoms with E-state index in [1.807, 2.05) is 44.2 Å². The lowest BCUT2D eigenvalue weighted by atomic mass is 10.1. The molecule has 0 aliphatic rings. The molecule has 0 bridgehead atoms. The van der Waals surface area contributed by atoms with Crippen molar-refractivity contribution in [2.24, 2.45) is 0 Å². The first kappa shape index (κ1) is 24.1. The minimum absolute atomic E-state index is 0.188. The summed E-state index contributed by atoms with van der Waals surface area (Å²) in [5.74, 6) is 0.161. The van der Waals surface area contributed by atoms with Crippen LogP contribution in [0.1, 0.15) is 28.4 Å². The molecular weight excluding hydrogens is 432 g/mol. The van der Waals surface area contributed by atoms with Gasteiger partial charge in [0, 0.05) is 11.3 Å². The summed E-state index contributed by atoms with van der Waals surface area (Å²) >= 11 is 0. The van der Waals surface area contributed by atoms with Gasteiger partial charge in [-0.25, -0.2) is 4.79 Å². The molecule has 0 spiro atoms. The Bertz CT molecular complexity index is 1240. The van der Waals surface area contributed by atoms with Gasteiger partial charge in [-0.1, -0.05) is 23.8 Å². The number of carbonyl (C=O) groups excluding carboxylic acids is 2. The van der Waals surface area contributed by atoms with Gasteiger partial charge in [-0.05, 0) is 74.0 Å². The Morgan fingerprint density at radius 3 is 2.32 bits per heavy atom. The van der Waals surface area contributed by atoms with Crippen LogP contribution < -0.4 is 19.5 Å². The summed E-state index contributed by atoms with van der Waals surface area (Å²) in [6, 6.07) is 20.5. The number of esters is 1. The van der Waals surface area contributed by atoms with Crippen LogP contribution >= 0.6 is 0 Å².